The summed E-state index contributed by atoms with van der Waals surface area (Å²) in [5.41, 5.74) is 12.1. The molecule has 3 aromatic heterocycles. The molecular weight excluding hydrogens is 625 g/mol. The van der Waals surface area contributed by atoms with Gasteiger partial charge in [0.15, 0.2) is 0 Å². The summed E-state index contributed by atoms with van der Waals surface area (Å²) in [5, 5.41) is 8.95. The first-order chi connectivity index (χ1) is 25.2. The number of aromatic nitrogens is 2. The molecule has 0 fully saturated rings. The average molecular weight is 653 g/mol. The molecule has 3 heterocycles. The third-order valence-electron chi connectivity index (χ3n) is 10.4. The summed E-state index contributed by atoms with van der Waals surface area (Å²) < 4.78 is 13.1. The van der Waals surface area contributed by atoms with Gasteiger partial charge in [0.1, 0.15) is 22.3 Å². The van der Waals surface area contributed by atoms with E-state index in [-0.39, 0.29) is 0 Å². The lowest BCUT2D eigenvalue weighted by Crippen LogP contribution is -1.97. The monoisotopic (exact) mass is 652 g/mol. The Balaban J connectivity index is 1.23. The first-order valence-electron chi connectivity index (χ1n) is 17.2. The lowest BCUT2D eigenvalue weighted by Gasteiger charge is -2.15. The molecule has 8 aromatic carbocycles. The quantitative estimate of drug-likeness (QED) is 0.178. The van der Waals surface area contributed by atoms with Crippen molar-refractivity contribution >= 4 is 76.5 Å². The van der Waals surface area contributed by atoms with Crippen molar-refractivity contribution in [3.8, 4) is 33.5 Å². The van der Waals surface area contributed by atoms with E-state index in [0.717, 1.165) is 105 Å². The maximum Gasteiger partial charge on any atom is 0.143 e. The molecule has 0 aliphatic carbocycles. The van der Waals surface area contributed by atoms with E-state index in [1.807, 2.05) is 24.3 Å². The number of hydrogen-bond donors (Lipinski definition) is 0. The van der Waals surface area contributed by atoms with E-state index < -0.39 is 0 Å². The standard InChI is InChI=1S/C47H28N2O2/c1-27-43(49-45-38-17-5-3-13-34(38)33-12-2-4-16-37(33)44(45)48-27)30-25-28(31-18-10-20-39-35-14-6-8-22-41(35)50-46(31)39)24-29(26-30)32-19-11-21-40-36-15-7-9-23-42(36)51-47(32)40/h2-26H,1H3. The van der Waals surface area contributed by atoms with Gasteiger partial charge in [0.2, 0.25) is 0 Å². The summed E-state index contributed by atoms with van der Waals surface area (Å²) in [4.78, 5) is 10.8. The Labute approximate surface area is 292 Å². The molecular formula is C47H28N2O2. The van der Waals surface area contributed by atoms with Crippen LogP contribution in [-0.4, -0.2) is 9.97 Å². The van der Waals surface area contributed by atoms with Crippen LogP contribution < -0.4 is 0 Å². The number of furan rings is 2. The normalized spacial score (nSPS) is 12.0. The van der Waals surface area contributed by atoms with Crippen molar-refractivity contribution in [2.24, 2.45) is 0 Å². The van der Waals surface area contributed by atoms with Crippen LogP contribution in [0.1, 0.15) is 5.69 Å². The maximum atomic E-state index is 6.56. The minimum atomic E-state index is 0.847. The fraction of sp³-hybridized carbons (Fsp3) is 0.0213. The van der Waals surface area contributed by atoms with E-state index in [4.69, 9.17) is 18.8 Å². The zero-order valence-electron chi connectivity index (χ0n) is 27.6. The fourth-order valence-corrected chi connectivity index (χ4v) is 8.04. The van der Waals surface area contributed by atoms with Crippen molar-refractivity contribution in [3.05, 3.63) is 157 Å². The summed E-state index contributed by atoms with van der Waals surface area (Å²) in [6.45, 7) is 2.07. The highest BCUT2D eigenvalue weighted by atomic mass is 16.3. The van der Waals surface area contributed by atoms with Crippen LogP contribution in [0.15, 0.2) is 160 Å². The first-order valence-corrected chi connectivity index (χ1v) is 17.2. The van der Waals surface area contributed by atoms with Crippen LogP contribution in [0.3, 0.4) is 0 Å². The van der Waals surface area contributed by atoms with Crippen LogP contribution in [0.4, 0.5) is 0 Å². The molecule has 0 saturated carbocycles. The summed E-state index contributed by atoms with van der Waals surface area (Å²) in [6.07, 6.45) is 0. The van der Waals surface area contributed by atoms with Crippen LogP contribution in [-0.2, 0) is 0 Å². The number of rotatable bonds is 3. The molecule has 4 nitrogen and oxygen atoms in total. The predicted molar refractivity (Wildman–Crippen MR) is 210 cm³/mol. The molecule has 11 rings (SSSR count). The van der Waals surface area contributed by atoms with E-state index in [1.165, 1.54) is 10.8 Å². The van der Waals surface area contributed by atoms with E-state index in [0.29, 0.717) is 0 Å². The molecule has 0 aliphatic heterocycles. The second-order valence-electron chi connectivity index (χ2n) is 13.3. The second-order valence-corrected chi connectivity index (χ2v) is 13.3. The van der Waals surface area contributed by atoms with E-state index in [9.17, 15) is 0 Å². The number of aryl methyl sites for hydroxylation is 1. The highest BCUT2D eigenvalue weighted by Gasteiger charge is 2.20. The second kappa shape index (κ2) is 10.6. The lowest BCUT2D eigenvalue weighted by atomic mass is 9.92. The summed E-state index contributed by atoms with van der Waals surface area (Å²) in [5.74, 6) is 0. The Morgan fingerprint density at radius 1 is 0.373 bits per heavy atom. The van der Waals surface area contributed by atoms with Gasteiger partial charge in [-0.25, -0.2) is 9.97 Å². The molecule has 0 spiro atoms. The van der Waals surface area contributed by atoms with Gasteiger partial charge in [-0.2, -0.15) is 0 Å². The van der Waals surface area contributed by atoms with Crippen LogP contribution in [0, 0.1) is 6.92 Å². The van der Waals surface area contributed by atoms with Gasteiger partial charge in [0.25, 0.3) is 0 Å². The largest absolute Gasteiger partial charge is 0.455 e. The van der Waals surface area contributed by atoms with Gasteiger partial charge in [-0.15, -0.1) is 0 Å². The summed E-state index contributed by atoms with van der Waals surface area (Å²) in [7, 11) is 0. The van der Waals surface area contributed by atoms with Crippen molar-refractivity contribution < 1.29 is 8.83 Å². The number of hydrogen-bond acceptors (Lipinski definition) is 4. The van der Waals surface area contributed by atoms with Crippen molar-refractivity contribution in [1.82, 2.24) is 9.97 Å². The molecule has 4 heteroatoms. The van der Waals surface area contributed by atoms with Gasteiger partial charge in [-0.05, 0) is 59.2 Å². The van der Waals surface area contributed by atoms with E-state index in [2.05, 4.69) is 134 Å². The van der Waals surface area contributed by atoms with E-state index in [1.54, 1.807) is 0 Å². The van der Waals surface area contributed by atoms with Crippen LogP contribution in [0.25, 0.3) is 110 Å². The third-order valence-corrected chi connectivity index (χ3v) is 10.4. The van der Waals surface area contributed by atoms with E-state index >= 15 is 0 Å². The van der Waals surface area contributed by atoms with Crippen LogP contribution in [0.2, 0.25) is 0 Å². The van der Waals surface area contributed by atoms with Crippen molar-refractivity contribution in [2.45, 2.75) is 6.92 Å². The lowest BCUT2D eigenvalue weighted by molar-refractivity contribution is 0.670. The van der Waals surface area contributed by atoms with Gasteiger partial charge >= 0.3 is 0 Å². The molecule has 238 valence electrons. The molecule has 0 N–H and O–H groups in total. The Bertz CT molecular complexity index is 3090. The maximum absolute atomic E-state index is 6.56. The fourth-order valence-electron chi connectivity index (χ4n) is 8.04. The molecule has 0 radical (unpaired) electrons. The SMILES string of the molecule is Cc1nc2c3ccccc3c3ccccc3c2nc1-c1cc(-c2cccc3c2oc2ccccc23)cc(-c2cccc3c2oc2ccccc23)c1. The Morgan fingerprint density at radius 2 is 0.784 bits per heavy atom. The minimum absolute atomic E-state index is 0.847. The first kappa shape index (κ1) is 28.1. The highest BCUT2D eigenvalue weighted by Crippen LogP contribution is 2.43. The minimum Gasteiger partial charge on any atom is -0.455 e. The van der Waals surface area contributed by atoms with Gasteiger partial charge in [0.05, 0.1) is 22.4 Å². The molecule has 0 amide bonds. The van der Waals surface area contributed by atoms with Gasteiger partial charge in [0, 0.05) is 49.0 Å². The van der Waals surface area contributed by atoms with Gasteiger partial charge < -0.3 is 8.83 Å². The van der Waals surface area contributed by atoms with Crippen LogP contribution >= 0.6 is 0 Å². The molecule has 0 bridgehead atoms. The molecule has 0 unspecified atom stereocenters. The Hall–Kier alpha value is -6.78. The van der Waals surface area contributed by atoms with Gasteiger partial charge in [-0.1, -0.05) is 121 Å². The average Bonchev–Trinajstić information content (AvgIpc) is 3.76. The Kier molecular flexibility index (Phi) is 5.84. The molecule has 0 atom stereocenters. The molecule has 11 aromatic rings. The number of para-hydroxylation sites is 4. The van der Waals surface area contributed by atoms with Crippen molar-refractivity contribution in [3.63, 3.8) is 0 Å². The number of nitrogens with zero attached hydrogens (tertiary/aromatic N) is 2. The molecule has 0 aliphatic rings. The highest BCUT2D eigenvalue weighted by molar-refractivity contribution is 6.23. The predicted octanol–water partition coefficient (Wildman–Crippen LogP) is 13.0. The molecule has 51 heavy (non-hydrogen) atoms. The van der Waals surface area contributed by atoms with Gasteiger partial charge in [-0.3, -0.25) is 0 Å². The zero-order chi connectivity index (χ0) is 33.6. The molecule has 0 saturated heterocycles. The third kappa shape index (κ3) is 4.14. The topological polar surface area (TPSA) is 52.1 Å². The van der Waals surface area contributed by atoms with Crippen molar-refractivity contribution in [2.75, 3.05) is 0 Å². The number of fused-ring (bicyclic) bond motifs is 12. The number of benzene rings is 8. The smallest absolute Gasteiger partial charge is 0.143 e. The summed E-state index contributed by atoms with van der Waals surface area (Å²) in [6, 6.07) is 53.0. The van der Waals surface area contributed by atoms with Crippen molar-refractivity contribution in [1.29, 1.82) is 0 Å². The summed E-state index contributed by atoms with van der Waals surface area (Å²) >= 11 is 0. The van der Waals surface area contributed by atoms with Crippen LogP contribution in [0.5, 0.6) is 0 Å². The Morgan fingerprint density at radius 3 is 1.31 bits per heavy atom. The zero-order valence-corrected chi connectivity index (χ0v) is 27.6.